The SMILES string of the molecule is CC(C)C[C@H](NC(=O)CNC(=O)[C@H](Cc1ccccc1)NC(=O)[C@H](CCC(=O)O)NC(=O)CNC(=O)[C@H](CO)NC(=O)[C@@H](N)CS)C(=O)N[C@@H](CC(=O)O)C(=O)O. The molecule has 7 amide bonds. The molecular weight excluding hydrogens is 776 g/mol. The highest BCUT2D eigenvalue weighted by molar-refractivity contribution is 7.80. The number of aliphatic hydroxyl groups excluding tert-OH is 1. The third-order valence-electron chi connectivity index (χ3n) is 7.76. The van der Waals surface area contributed by atoms with E-state index < -0.39 is 134 Å². The molecule has 0 aliphatic heterocycles. The van der Waals surface area contributed by atoms with Crippen LogP contribution in [-0.4, -0.2) is 141 Å². The number of aliphatic carboxylic acids is 3. The Morgan fingerprint density at radius 1 is 0.649 bits per heavy atom. The molecule has 1 aromatic carbocycles. The van der Waals surface area contributed by atoms with Gasteiger partial charge in [-0.1, -0.05) is 44.2 Å². The van der Waals surface area contributed by atoms with Gasteiger partial charge in [-0.25, -0.2) is 4.79 Å². The highest BCUT2D eigenvalue weighted by Gasteiger charge is 2.31. The van der Waals surface area contributed by atoms with E-state index in [2.05, 4.69) is 49.8 Å². The van der Waals surface area contributed by atoms with Gasteiger partial charge in [0.2, 0.25) is 41.4 Å². The summed E-state index contributed by atoms with van der Waals surface area (Å²) in [6.07, 6.45) is -2.15. The molecule has 0 saturated carbocycles. The van der Waals surface area contributed by atoms with Crippen LogP contribution < -0.4 is 43.0 Å². The van der Waals surface area contributed by atoms with E-state index in [0.717, 1.165) is 0 Å². The number of nitrogens with two attached hydrogens (primary N) is 1. The Morgan fingerprint density at radius 2 is 1.16 bits per heavy atom. The summed E-state index contributed by atoms with van der Waals surface area (Å²) in [6.45, 7) is 1.03. The second-order valence-corrected chi connectivity index (χ2v) is 13.4. The molecule has 6 atom stereocenters. The number of rotatable bonds is 26. The summed E-state index contributed by atoms with van der Waals surface area (Å²) in [6, 6.07) is -0.427. The van der Waals surface area contributed by atoms with Crippen LogP contribution in [0.15, 0.2) is 30.3 Å². The first-order chi connectivity index (χ1) is 26.8. The van der Waals surface area contributed by atoms with Gasteiger partial charge in [0.1, 0.15) is 30.2 Å². The molecule has 0 spiro atoms. The van der Waals surface area contributed by atoms with Crippen molar-refractivity contribution in [3.63, 3.8) is 0 Å². The zero-order valence-corrected chi connectivity index (χ0v) is 32.1. The third-order valence-corrected chi connectivity index (χ3v) is 8.16. The van der Waals surface area contributed by atoms with Gasteiger partial charge in [0.15, 0.2) is 0 Å². The van der Waals surface area contributed by atoms with Crippen molar-refractivity contribution >= 4 is 71.9 Å². The first kappa shape index (κ1) is 49.2. The summed E-state index contributed by atoms with van der Waals surface area (Å²) in [7, 11) is 0. The minimum absolute atomic E-state index is 0.00838. The molecule has 57 heavy (non-hydrogen) atoms. The fourth-order valence-corrected chi connectivity index (χ4v) is 5.01. The molecule has 1 aromatic rings. The molecule has 0 radical (unpaired) electrons. The Hall–Kier alpha value is -5.81. The van der Waals surface area contributed by atoms with Crippen LogP contribution in [0.1, 0.15) is 45.1 Å². The van der Waals surface area contributed by atoms with Crippen LogP contribution in [0.2, 0.25) is 0 Å². The van der Waals surface area contributed by atoms with E-state index >= 15 is 0 Å². The highest BCUT2D eigenvalue weighted by Crippen LogP contribution is 2.08. The summed E-state index contributed by atoms with van der Waals surface area (Å²) in [4.78, 5) is 124. The maximum absolute atomic E-state index is 13.5. The standard InChI is InChI=1S/C34H50N8O14S/c1-17(2)10-21(33(54)41-23(34(55)56)12-28(48)49)39-26(45)14-36-30(51)22(11-18-6-4-3-5-7-18)40-32(53)20(8-9-27(46)47)38-25(44)13-37-31(52)24(15-43)42-29(50)19(35)16-57/h3-7,17,19-24,43,57H,8-16,35H2,1-2H3,(H,36,51)(H,37,52)(H,38,44)(H,39,45)(H,40,53)(H,41,54)(H,42,50)(H,46,47)(H,48,49)(H,55,56)/t19-,20-,21-,22-,23-,24-/m0/s1. The van der Waals surface area contributed by atoms with Crippen LogP contribution in [0.5, 0.6) is 0 Å². The number of carboxylic acid groups (broad SMARTS) is 3. The summed E-state index contributed by atoms with van der Waals surface area (Å²) in [5.41, 5.74) is 6.09. The van der Waals surface area contributed by atoms with Crippen molar-refractivity contribution in [2.75, 3.05) is 25.4 Å². The van der Waals surface area contributed by atoms with E-state index in [9.17, 15) is 63.3 Å². The van der Waals surface area contributed by atoms with Crippen LogP contribution in [0, 0.1) is 5.92 Å². The van der Waals surface area contributed by atoms with Crippen LogP contribution in [-0.2, 0) is 54.4 Å². The van der Waals surface area contributed by atoms with Gasteiger partial charge < -0.3 is 63.4 Å². The minimum Gasteiger partial charge on any atom is -0.481 e. The summed E-state index contributed by atoms with van der Waals surface area (Å²) < 4.78 is 0. The van der Waals surface area contributed by atoms with Gasteiger partial charge in [0.25, 0.3) is 0 Å². The smallest absolute Gasteiger partial charge is 0.326 e. The van der Waals surface area contributed by atoms with Gasteiger partial charge in [0.05, 0.1) is 32.2 Å². The summed E-state index contributed by atoms with van der Waals surface area (Å²) in [5, 5.41) is 52.9. The van der Waals surface area contributed by atoms with Crippen molar-refractivity contribution in [1.82, 2.24) is 37.2 Å². The maximum atomic E-state index is 13.5. The molecule has 0 heterocycles. The Labute approximate surface area is 332 Å². The Bertz CT molecular complexity index is 1600. The lowest BCUT2D eigenvalue weighted by Gasteiger charge is -2.24. The van der Waals surface area contributed by atoms with Gasteiger partial charge in [-0.05, 0) is 24.3 Å². The molecule has 0 aliphatic carbocycles. The Kier molecular flexibility index (Phi) is 21.9. The molecule has 23 heteroatoms. The van der Waals surface area contributed by atoms with Crippen molar-refractivity contribution in [2.45, 2.75) is 82.2 Å². The van der Waals surface area contributed by atoms with Gasteiger partial charge in [0, 0.05) is 18.6 Å². The highest BCUT2D eigenvalue weighted by atomic mass is 32.1. The fraction of sp³-hybridized carbons (Fsp3) is 0.529. The van der Waals surface area contributed by atoms with Gasteiger partial charge in [-0.2, -0.15) is 12.6 Å². The quantitative estimate of drug-likeness (QED) is 0.0392. The average Bonchev–Trinajstić information content (AvgIpc) is 3.15. The molecule has 22 nitrogen and oxygen atoms in total. The first-order valence-corrected chi connectivity index (χ1v) is 18.1. The molecule has 0 aromatic heterocycles. The average molecular weight is 827 g/mol. The lowest BCUT2D eigenvalue weighted by Crippen LogP contribution is -2.57. The van der Waals surface area contributed by atoms with Gasteiger partial charge in [-0.15, -0.1) is 0 Å². The molecule has 0 aliphatic rings. The predicted molar refractivity (Wildman–Crippen MR) is 201 cm³/mol. The topological polar surface area (TPSA) is 362 Å². The number of carbonyl (C=O) groups is 10. The number of benzene rings is 1. The van der Waals surface area contributed by atoms with E-state index in [4.69, 9.17) is 10.8 Å². The lowest BCUT2D eigenvalue weighted by molar-refractivity contribution is -0.147. The molecule has 13 N–H and O–H groups in total. The van der Waals surface area contributed by atoms with E-state index in [1.807, 2.05) is 0 Å². The normalized spacial score (nSPS) is 13.9. The van der Waals surface area contributed by atoms with Crippen molar-refractivity contribution in [3.05, 3.63) is 35.9 Å². The van der Waals surface area contributed by atoms with Crippen molar-refractivity contribution in [3.8, 4) is 0 Å². The number of nitrogens with one attached hydrogen (secondary N) is 7. The number of amides is 7. The third kappa shape index (κ3) is 19.6. The van der Waals surface area contributed by atoms with E-state index in [1.54, 1.807) is 44.2 Å². The largest absolute Gasteiger partial charge is 0.481 e. The van der Waals surface area contributed by atoms with E-state index in [0.29, 0.717) is 5.56 Å². The van der Waals surface area contributed by atoms with Crippen molar-refractivity contribution in [2.24, 2.45) is 11.7 Å². The van der Waals surface area contributed by atoms with Crippen molar-refractivity contribution in [1.29, 1.82) is 0 Å². The second-order valence-electron chi connectivity index (χ2n) is 13.0. The number of aliphatic hydroxyl groups is 1. The molecule has 0 unspecified atom stereocenters. The number of hydrogen-bond donors (Lipinski definition) is 13. The number of thiol groups is 1. The molecule has 0 bridgehead atoms. The zero-order chi connectivity index (χ0) is 43.2. The van der Waals surface area contributed by atoms with E-state index in [-0.39, 0.29) is 24.5 Å². The summed E-state index contributed by atoms with van der Waals surface area (Å²) >= 11 is 3.88. The van der Waals surface area contributed by atoms with Crippen LogP contribution >= 0.6 is 12.6 Å². The van der Waals surface area contributed by atoms with Crippen molar-refractivity contribution < 1.29 is 68.4 Å². The Balaban J connectivity index is 3.11. The lowest BCUT2D eigenvalue weighted by atomic mass is 10.0. The maximum Gasteiger partial charge on any atom is 0.326 e. The predicted octanol–water partition coefficient (Wildman–Crippen LogP) is -4.39. The number of hydrogen-bond acceptors (Lipinski definition) is 13. The molecule has 1 rings (SSSR count). The molecule has 316 valence electrons. The minimum atomic E-state index is -1.78. The molecular formula is C34H50N8O14S. The summed E-state index contributed by atoms with van der Waals surface area (Å²) in [5.74, 6) is -11.3. The number of carbonyl (C=O) groups excluding carboxylic acids is 7. The molecule has 0 saturated heterocycles. The van der Waals surface area contributed by atoms with Crippen LogP contribution in [0.25, 0.3) is 0 Å². The van der Waals surface area contributed by atoms with Gasteiger partial charge >= 0.3 is 17.9 Å². The second kappa shape index (κ2) is 25.4. The fourth-order valence-electron chi connectivity index (χ4n) is 4.85. The molecule has 0 fully saturated rings. The number of carboxylic acids is 3. The van der Waals surface area contributed by atoms with Crippen LogP contribution in [0.3, 0.4) is 0 Å². The first-order valence-electron chi connectivity index (χ1n) is 17.5. The van der Waals surface area contributed by atoms with Gasteiger partial charge in [-0.3, -0.25) is 43.2 Å². The Morgan fingerprint density at radius 3 is 1.65 bits per heavy atom. The zero-order valence-electron chi connectivity index (χ0n) is 31.2. The van der Waals surface area contributed by atoms with Crippen LogP contribution in [0.4, 0.5) is 0 Å². The monoisotopic (exact) mass is 826 g/mol. The van der Waals surface area contributed by atoms with E-state index in [1.165, 1.54) is 0 Å².